The van der Waals surface area contributed by atoms with Gasteiger partial charge in [-0.3, -0.25) is 0 Å². The first kappa shape index (κ1) is 15.2. The molecule has 0 spiro atoms. The van der Waals surface area contributed by atoms with Crippen LogP contribution in [0.3, 0.4) is 0 Å². The van der Waals surface area contributed by atoms with Gasteiger partial charge in [0, 0.05) is 6.54 Å². The van der Waals surface area contributed by atoms with Crippen molar-refractivity contribution in [1.29, 1.82) is 0 Å². The average molecular weight is 339 g/mol. The van der Waals surface area contributed by atoms with Gasteiger partial charge in [-0.15, -0.1) is 5.10 Å². The molecule has 1 aliphatic heterocycles. The van der Waals surface area contributed by atoms with E-state index >= 15 is 0 Å². The van der Waals surface area contributed by atoms with Crippen LogP contribution in [0.25, 0.3) is 0 Å². The average Bonchev–Trinajstić information content (AvgIpc) is 2.98. The second kappa shape index (κ2) is 5.83. The molecule has 1 saturated heterocycles. The quantitative estimate of drug-likeness (QED) is 0.927. The normalized spacial score (nSPS) is 19.4. The molecule has 1 aromatic carbocycles. The molecule has 0 bridgehead atoms. The van der Waals surface area contributed by atoms with Crippen LogP contribution in [-0.4, -0.2) is 29.5 Å². The number of halogens is 1. The van der Waals surface area contributed by atoms with Gasteiger partial charge in [0.2, 0.25) is 10.0 Å². The summed E-state index contributed by atoms with van der Waals surface area (Å²) in [6, 6.07) is 9.45. The summed E-state index contributed by atoms with van der Waals surface area (Å²) in [5.41, 5.74) is 6.13. The number of anilines is 1. The van der Waals surface area contributed by atoms with Crippen LogP contribution < -0.4 is 5.73 Å². The molecule has 116 valence electrons. The van der Waals surface area contributed by atoms with E-state index in [9.17, 15) is 8.42 Å². The van der Waals surface area contributed by atoms with Crippen molar-refractivity contribution in [1.82, 2.24) is 14.5 Å². The summed E-state index contributed by atoms with van der Waals surface area (Å²) in [6.45, 7) is 0.435. The number of aromatic nitrogens is 2. The number of nitrogens with two attached hydrogens (primary N) is 1. The first-order chi connectivity index (χ1) is 10.5. The molecule has 0 amide bonds. The molecule has 1 aliphatic rings. The minimum atomic E-state index is -3.67. The topological polar surface area (TPSA) is 89.2 Å². The number of hydrogen-bond acceptors (Lipinski definition) is 5. The van der Waals surface area contributed by atoms with E-state index in [0.717, 1.165) is 6.42 Å². The SMILES string of the molecule is Nc1ccc(C2CCCN2S(=O)(=O)c2ccccc2Cl)nn1. The van der Waals surface area contributed by atoms with Crippen LogP contribution in [0.5, 0.6) is 0 Å². The molecule has 2 heterocycles. The maximum Gasteiger partial charge on any atom is 0.245 e. The number of sulfonamides is 1. The molecular weight excluding hydrogens is 324 g/mol. The number of nitrogen functional groups attached to an aromatic ring is 1. The largest absolute Gasteiger partial charge is 0.382 e. The molecule has 0 aliphatic carbocycles. The van der Waals surface area contributed by atoms with Crippen LogP contribution in [0.4, 0.5) is 5.82 Å². The molecule has 1 atom stereocenters. The Bertz CT molecular complexity index is 780. The maximum atomic E-state index is 12.9. The van der Waals surface area contributed by atoms with E-state index < -0.39 is 10.0 Å². The van der Waals surface area contributed by atoms with Crippen molar-refractivity contribution in [3.05, 3.63) is 47.1 Å². The van der Waals surface area contributed by atoms with E-state index in [1.807, 2.05) is 0 Å². The smallest absolute Gasteiger partial charge is 0.245 e. The lowest BCUT2D eigenvalue weighted by molar-refractivity contribution is 0.388. The van der Waals surface area contributed by atoms with Crippen LogP contribution in [0.2, 0.25) is 5.02 Å². The van der Waals surface area contributed by atoms with Crippen molar-refractivity contribution >= 4 is 27.4 Å². The summed E-state index contributed by atoms with van der Waals surface area (Å²) >= 11 is 6.05. The second-order valence-electron chi connectivity index (χ2n) is 5.09. The van der Waals surface area contributed by atoms with Crippen LogP contribution in [0.15, 0.2) is 41.3 Å². The summed E-state index contributed by atoms with van der Waals surface area (Å²) in [7, 11) is -3.67. The highest BCUT2D eigenvalue weighted by atomic mass is 35.5. The van der Waals surface area contributed by atoms with E-state index in [2.05, 4.69) is 10.2 Å². The van der Waals surface area contributed by atoms with E-state index in [1.165, 1.54) is 10.4 Å². The third-order valence-corrected chi connectivity index (χ3v) is 6.08. The standard InChI is InChI=1S/C14H15ClN4O2S/c15-10-4-1-2-6-13(10)22(20,21)19-9-3-5-12(19)11-7-8-14(16)18-17-11/h1-2,4,6-8,12H,3,5,9H2,(H2,16,18). The molecular formula is C14H15ClN4O2S. The van der Waals surface area contributed by atoms with Crippen molar-refractivity contribution in [3.8, 4) is 0 Å². The predicted octanol–water partition coefficient (Wildman–Crippen LogP) is 2.24. The van der Waals surface area contributed by atoms with Gasteiger partial charge in [0.1, 0.15) is 10.7 Å². The van der Waals surface area contributed by atoms with Gasteiger partial charge in [0.25, 0.3) is 0 Å². The third-order valence-electron chi connectivity index (χ3n) is 3.67. The van der Waals surface area contributed by atoms with E-state index in [0.29, 0.717) is 24.5 Å². The molecule has 2 aromatic rings. The molecule has 0 saturated carbocycles. The first-order valence-corrected chi connectivity index (χ1v) is 8.67. The molecule has 1 unspecified atom stereocenters. The van der Waals surface area contributed by atoms with Gasteiger partial charge in [0.05, 0.1) is 16.8 Å². The highest BCUT2D eigenvalue weighted by Crippen LogP contribution is 2.37. The molecule has 22 heavy (non-hydrogen) atoms. The number of rotatable bonds is 3. The lowest BCUT2D eigenvalue weighted by Gasteiger charge is -2.23. The maximum absolute atomic E-state index is 12.9. The fourth-order valence-corrected chi connectivity index (χ4v) is 4.80. The van der Waals surface area contributed by atoms with Gasteiger partial charge >= 0.3 is 0 Å². The van der Waals surface area contributed by atoms with Crippen molar-refractivity contribution in [3.63, 3.8) is 0 Å². The van der Waals surface area contributed by atoms with Crippen LogP contribution >= 0.6 is 11.6 Å². The first-order valence-electron chi connectivity index (χ1n) is 6.85. The molecule has 8 heteroatoms. The number of benzene rings is 1. The van der Waals surface area contributed by atoms with Gasteiger partial charge in [-0.2, -0.15) is 9.40 Å². The molecule has 1 aromatic heterocycles. The van der Waals surface area contributed by atoms with Crippen molar-refractivity contribution in [2.45, 2.75) is 23.8 Å². The Morgan fingerprint density at radius 3 is 2.64 bits per heavy atom. The fraction of sp³-hybridized carbons (Fsp3) is 0.286. The zero-order valence-corrected chi connectivity index (χ0v) is 13.3. The highest BCUT2D eigenvalue weighted by molar-refractivity contribution is 7.89. The Morgan fingerprint density at radius 1 is 1.18 bits per heavy atom. The lowest BCUT2D eigenvalue weighted by Crippen LogP contribution is -2.31. The number of nitrogens with zero attached hydrogens (tertiary/aromatic N) is 3. The lowest BCUT2D eigenvalue weighted by atomic mass is 10.1. The van der Waals surface area contributed by atoms with E-state index in [-0.39, 0.29) is 16.0 Å². The minimum absolute atomic E-state index is 0.118. The van der Waals surface area contributed by atoms with Gasteiger partial charge in [-0.1, -0.05) is 23.7 Å². The third kappa shape index (κ3) is 2.67. The van der Waals surface area contributed by atoms with Gasteiger partial charge in [0.15, 0.2) is 0 Å². The van der Waals surface area contributed by atoms with Crippen LogP contribution in [0, 0.1) is 0 Å². The van der Waals surface area contributed by atoms with E-state index in [1.54, 1.807) is 30.3 Å². The summed E-state index contributed by atoms with van der Waals surface area (Å²) in [6.07, 6.45) is 1.46. The van der Waals surface area contributed by atoms with Crippen molar-refractivity contribution in [2.24, 2.45) is 0 Å². The molecule has 0 radical (unpaired) electrons. The summed E-state index contributed by atoms with van der Waals surface area (Å²) in [4.78, 5) is 0.118. The molecule has 3 rings (SSSR count). The van der Waals surface area contributed by atoms with E-state index in [4.69, 9.17) is 17.3 Å². The van der Waals surface area contributed by atoms with Crippen molar-refractivity contribution < 1.29 is 8.42 Å². The summed E-state index contributed by atoms with van der Waals surface area (Å²) in [5, 5.41) is 8.06. The van der Waals surface area contributed by atoms with Crippen LogP contribution in [0.1, 0.15) is 24.6 Å². The second-order valence-corrected chi connectivity index (χ2v) is 7.35. The zero-order chi connectivity index (χ0) is 15.7. The minimum Gasteiger partial charge on any atom is -0.382 e. The Hall–Kier alpha value is -1.70. The highest BCUT2D eigenvalue weighted by Gasteiger charge is 2.37. The van der Waals surface area contributed by atoms with Crippen LogP contribution in [-0.2, 0) is 10.0 Å². The Kier molecular flexibility index (Phi) is 4.03. The molecule has 1 fully saturated rings. The van der Waals surface area contributed by atoms with Gasteiger partial charge in [-0.25, -0.2) is 8.42 Å². The molecule has 2 N–H and O–H groups in total. The monoisotopic (exact) mass is 338 g/mol. The number of hydrogen-bond donors (Lipinski definition) is 1. The van der Waals surface area contributed by atoms with Crippen molar-refractivity contribution in [2.75, 3.05) is 12.3 Å². The fourth-order valence-electron chi connectivity index (χ4n) is 2.63. The Morgan fingerprint density at radius 2 is 1.95 bits per heavy atom. The Labute approximate surface area is 134 Å². The summed E-state index contributed by atoms with van der Waals surface area (Å²) < 4.78 is 27.2. The predicted molar refractivity (Wildman–Crippen MR) is 83.8 cm³/mol. The van der Waals surface area contributed by atoms with Gasteiger partial charge < -0.3 is 5.73 Å². The zero-order valence-electron chi connectivity index (χ0n) is 11.7. The van der Waals surface area contributed by atoms with Gasteiger partial charge in [-0.05, 0) is 37.1 Å². The molecule has 6 nitrogen and oxygen atoms in total. The Balaban J connectivity index is 1.99. The summed E-state index contributed by atoms with van der Waals surface area (Å²) in [5.74, 6) is 0.308.